The summed E-state index contributed by atoms with van der Waals surface area (Å²) in [6.07, 6.45) is 6.03. The molecule has 0 bridgehead atoms. The summed E-state index contributed by atoms with van der Waals surface area (Å²) in [5, 5.41) is 5.12. The van der Waals surface area contributed by atoms with Crippen LogP contribution in [-0.4, -0.2) is 33.1 Å². The molecule has 2 aromatic heterocycles. The number of aromatic nitrogens is 3. The summed E-state index contributed by atoms with van der Waals surface area (Å²) in [6, 6.07) is 15.5. The van der Waals surface area contributed by atoms with E-state index in [4.69, 9.17) is 4.74 Å². The van der Waals surface area contributed by atoms with E-state index in [9.17, 15) is 9.59 Å². The van der Waals surface area contributed by atoms with Crippen molar-refractivity contribution in [3.63, 3.8) is 0 Å². The second-order valence-corrected chi connectivity index (χ2v) is 6.78. The van der Waals surface area contributed by atoms with Crippen LogP contribution >= 0.6 is 0 Å². The lowest BCUT2D eigenvalue weighted by Gasteiger charge is -2.04. The summed E-state index contributed by atoms with van der Waals surface area (Å²) in [6.45, 7) is 1.79. The predicted molar refractivity (Wildman–Crippen MR) is 110 cm³/mol. The van der Waals surface area contributed by atoms with E-state index >= 15 is 0 Å². The van der Waals surface area contributed by atoms with Gasteiger partial charge in [-0.05, 0) is 24.1 Å². The maximum Gasteiger partial charge on any atom is 0.310 e. The molecule has 0 atom stereocenters. The van der Waals surface area contributed by atoms with E-state index in [0.29, 0.717) is 5.56 Å². The first-order chi connectivity index (χ1) is 14.2. The van der Waals surface area contributed by atoms with Gasteiger partial charge in [-0.1, -0.05) is 43.3 Å². The zero-order chi connectivity index (χ0) is 20.2. The maximum absolute atomic E-state index is 12.6. The van der Waals surface area contributed by atoms with Gasteiger partial charge in [-0.3, -0.25) is 9.59 Å². The van der Waals surface area contributed by atoms with E-state index in [1.54, 1.807) is 23.3 Å². The van der Waals surface area contributed by atoms with Crippen LogP contribution in [0.25, 0.3) is 16.6 Å². The van der Waals surface area contributed by atoms with Gasteiger partial charge in [-0.2, -0.15) is 5.10 Å². The monoisotopic (exact) mass is 387 g/mol. The minimum Gasteiger partial charge on any atom is -0.457 e. The number of rotatable bonds is 7. The number of carbonyl (C=O) groups excluding carboxylic acids is 2. The topological polar surface area (TPSA) is 77.0 Å². The molecule has 6 nitrogen and oxygen atoms in total. The van der Waals surface area contributed by atoms with Crippen LogP contribution in [0.2, 0.25) is 0 Å². The van der Waals surface area contributed by atoms with Gasteiger partial charge in [0, 0.05) is 34.4 Å². The van der Waals surface area contributed by atoms with Crippen LogP contribution in [0.5, 0.6) is 0 Å². The van der Waals surface area contributed by atoms with Gasteiger partial charge in [0.25, 0.3) is 0 Å². The summed E-state index contributed by atoms with van der Waals surface area (Å²) < 4.78 is 6.91. The van der Waals surface area contributed by atoms with E-state index in [2.05, 4.69) is 17.0 Å². The number of ketones is 1. The Labute approximate surface area is 168 Å². The Kier molecular flexibility index (Phi) is 5.24. The minimum absolute atomic E-state index is 0.0635. The van der Waals surface area contributed by atoms with Gasteiger partial charge in [0.2, 0.25) is 5.78 Å². The Hall–Kier alpha value is -3.67. The molecule has 4 aromatic rings. The lowest BCUT2D eigenvalue weighted by molar-refractivity contribution is -0.141. The van der Waals surface area contributed by atoms with Crippen LogP contribution in [0.1, 0.15) is 28.4 Å². The van der Waals surface area contributed by atoms with Crippen molar-refractivity contribution in [1.82, 2.24) is 14.8 Å². The zero-order valence-electron chi connectivity index (χ0n) is 16.1. The van der Waals surface area contributed by atoms with Crippen LogP contribution in [-0.2, 0) is 22.4 Å². The van der Waals surface area contributed by atoms with Crippen molar-refractivity contribution in [3.05, 3.63) is 83.8 Å². The largest absolute Gasteiger partial charge is 0.457 e. The van der Waals surface area contributed by atoms with Crippen molar-refractivity contribution in [1.29, 1.82) is 0 Å². The molecule has 0 aliphatic heterocycles. The number of esters is 1. The Balaban J connectivity index is 1.38. The zero-order valence-corrected chi connectivity index (χ0v) is 16.1. The number of carbonyl (C=O) groups is 2. The quantitative estimate of drug-likeness (QED) is 0.386. The van der Waals surface area contributed by atoms with Gasteiger partial charge in [-0.25, -0.2) is 4.68 Å². The molecule has 6 heteroatoms. The van der Waals surface area contributed by atoms with Gasteiger partial charge < -0.3 is 9.72 Å². The number of aryl methyl sites for hydroxylation is 1. The SMILES string of the molecule is CCc1cccc2c(C(=O)COC(=O)Cc3cnn(-c4ccccc4)c3)c[nH]c12. The summed E-state index contributed by atoms with van der Waals surface area (Å²) in [5.74, 6) is -0.683. The molecule has 0 aliphatic rings. The van der Waals surface area contributed by atoms with Gasteiger partial charge in [0.05, 0.1) is 18.3 Å². The maximum atomic E-state index is 12.6. The number of Topliss-reactive ketones (excluding diaryl/α,β-unsaturated/α-hetero) is 1. The third-order valence-corrected chi connectivity index (χ3v) is 4.85. The standard InChI is InChI=1S/C23H21N3O3/c1-2-17-7-6-10-19-20(13-24-23(17)19)21(27)15-29-22(28)11-16-12-25-26(14-16)18-8-4-3-5-9-18/h3-10,12-14,24H,2,11,15H2,1H3. The van der Waals surface area contributed by atoms with Crippen molar-refractivity contribution in [2.75, 3.05) is 6.61 Å². The molecule has 2 heterocycles. The molecule has 0 unspecified atom stereocenters. The van der Waals surface area contributed by atoms with Crippen molar-refractivity contribution in [3.8, 4) is 5.69 Å². The number of benzene rings is 2. The fourth-order valence-electron chi connectivity index (χ4n) is 3.36. The highest BCUT2D eigenvalue weighted by molar-refractivity contribution is 6.09. The normalized spacial score (nSPS) is 10.9. The highest BCUT2D eigenvalue weighted by atomic mass is 16.5. The van der Waals surface area contributed by atoms with Crippen LogP contribution in [0, 0.1) is 0 Å². The summed E-state index contributed by atoms with van der Waals surface area (Å²) in [4.78, 5) is 27.9. The molecule has 0 aliphatic carbocycles. The molecule has 1 N–H and O–H groups in total. The number of nitrogens with zero attached hydrogens (tertiary/aromatic N) is 2. The fourth-order valence-corrected chi connectivity index (χ4v) is 3.36. The summed E-state index contributed by atoms with van der Waals surface area (Å²) in [5.41, 5.74) is 4.28. The molecule has 0 saturated carbocycles. The van der Waals surface area contributed by atoms with Gasteiger partial charge in [0.1, 0.15) is 0 Å². The minimum atomic E-state index is -0.458. The molecule has 0 saturated heterocycles. The summed E-state index contributed by atoms with van der Waals surface area (Å²) >= 11 is 0. The summed E-state index contributed by atoms with van der Waals surface area (Å²) in [7, 11) is 0. The van der Waals surface area contributed by atoms with E-state index in [1.807, 2.05) is 48.5 Å². The van der Waals surface area contributed by atoms with E-state index in [0.717, 1.165) is 34.1 Å². The third-order valence-electron chi connectivity index (χ3n) is 4.85. The van der Waals surface area contributed by atoms with Crippen molar-refractivity contribution >= 4 is 22.7 Å². The second kappa shape index (κ2) is 8.14. The van der Waals surface area contributed by atoms with Crippen LogP contribution < -0.4 is 0 Å². The Morgan fingerprint density at radius 2 is 1.93 bits per heavy atom. The third kappa shape index (κ3) is 3.96. The molecule has 0 radical (unpaired) electrons. The molecule has 29 heavy (non-hydrogen) atoms. The van der Waals surface area contributed by atoms with E-state index in [1.165, 1.54) is 0 Å². The molecule has 4 rings (SSSR count). The van der Waals surface area contributed by atoms with Crippen molar-refractivity contribution in [2.45, 2.75) is 19.8 Å². The molecule has 2 aromatic carbocycles. The highest BCUT2D eigenvalue weighted by Gasteiger charge is 2.16. The van der Waals surface area contributed by atoms with Gasteiger partial charge >= 0.3 is 5.97 Å². The van der Waals surface area contributed by atoms with Crippen LogP contribution in [0.3, 0.4) is 0 Å². The number of para-hydroxylation sites is 2. The second-order valence-electron chi connectivity index (χ2n) is 6.78. The Morgan fingerprint density at radius 3 is 2.72 bits per heavy atom. The molecule has 0 amide bonds. The smallest absolute Gasteiger partial charge is 0.310 e. The lowest BCUT2D eigenvalue weighted by atomic mass is 10.1. The van der Waals surface area contributed by atoms with Crippen molar-refractivity contribution < 1.29 is 14.3 Å². The number of hydrogen-bond acceptors (Lipinski definition) is 4. The molecule has 0 spiro atoms. The van der Waals surface area contributed by atoms with Crippen molar-refractivity contribution in [2.24, 2.45) is 0 Å². The molecule has 0 fully saturated rings. The number of nitrogens with one attached hydrogen (secondary N) is 1. The Bertz CT molecular complexity index is 1160. The van der Waals surface area contributed by atoms with Crippen LogP contribution in [0.4, 0.5) is 0 Å². The molecule has 146 valence electrons. The first-order valence-electron chi connectivity index (χ1n) is 9.52. The number of aromatic amines is 1. The number of H-pyrrole nitrogens is 1. The van der Waals surface area contributed by atoms with Gasteiger partial charge in [0.15, 0.2) is 6.61 Å². The molecular weight excluding hydrogens is 366 g/mol. The molecular formula is C23H21N3O3. The predicted octanol–water partition coefficient (Wildman–Crippen LogP) is 3.88. The first-order valence-corrected chi connectivity index (χ1v) is 9.52. The number of hydrogen-bond donors (Lipinski definition) is 1. The highest BCUT2D eigenvalue weighted by Crippen LogP contribution is 2.22. The van der Waals surface area contributed by atoms with E-state index in [-0.39, 0.29) is 18.8 Å². The van der Waals surface area contributed by atoms with Gasteiger partial charge in [-0.15, -0.1) is 0 Å². The van der Waals surface area contributed by atoms with E-state index < -0.39 is 5.97 Å². The average Bonchev–Trinajstić information content (AvgIpc) is 3.39. The van der Waals surface area contributed by atoms with Crippen LogP contribution in [0.15, 0.2) is 67.1 Å². The fraction of sp³-hybridized carbons (Fsp3) is 0.174. The average molecular weight is 387 g/mol. The number of ether oxygens (including phenoxy) is 1. The Morgan fingerprint density at radius 1 is 1.10 bits per heavy atom. The first kappa shape index (κ1) is 18.7. The number of fused-ring (bicyclic) bond motifs is 1. The lowest BCUT2D eigenvalue weighted by Crippen LogP contribution is -2.15.